The van der Waals surface area contributed by atoms with Crippen LogP contribution in [0.2, 0.25) is 0 Å². The highest BCUT2D eigenvalue weighted by atomic mass is 32.1. The van der Waals surface area contributed by atoms with Crippen molar-refractivity contribution in [3.05, 3.63) is 34.5 Å². The van der Waals surface area contributed by atoms with Crippen LogP contribution >= 0.6 is 11.3 Å². The summed E-state index contributed by atoms with van der Waals surface area (Å²) in [5.74, 6) is 0.971. The van der Waals surface area contributed by atoms with Crippen LogP contribution in [0.1, 0.15) is 30.5 Å². The number of rotatable bonds is 7. The first-order valence-electron chi connectivity index (χ1n) is 6.36. The van der Waals surface area contributed by atoms with Gasteiger partial charge in [0.25, 0.3) is 0 Å². The van der Waals surface area contributed by atoms with Gasteiger partial charge in [0.05, 0.1) is 12.6 Å². The van der Waals surface area contributed by atoms with Gasteiger partial charge >= 0.3 is 0 Å². The van der Waals surface area contributed by atoms with Gasteiger partial charge in [0.2, 0.25) is 0 Å². The van der Waals surface area contributed by atoms with Crippen LogP contribution in [0.25, 0.3) is 0 Å². The summed E-state index contributed by atoms with van der Waals surface area (Å²) in [5.41, 5.74) is 0. The molecule has 0 amide bonds. The topological polar surface area (TPSA) is 50.9 Å². The van der Waals surface area contributed by atoms with Gasteiger partial charge in [-0.15, -0.1) is 11.3 Å². The van der Waals surface area contributed by atoms with E-state index in [1.54, 1.807) is 17.7 Å². The molecule has 1 N–H and O–H groups in total. The molecule has 0 spiro atoms. The van der Waals surface area contributed by atoms with Crippen LogP contribution in [0.4, 0.5) is 0 Å². The summed E-state index contributed by atoms with van der Waals surface area (Å²) in [7, 11) is 0. The smallest absolute Gasteiger partial charge is 0.138 e. The van der Waals surface area contributed by atoms with E-state index in [1.807, 2.05) is 11.6 Å². The third kappa shape index (κ3) is 3.65. The normalized spacial score (nSPS) is 12.8. The summed E-state index contributed by atoms with van der Waals surface area (Å²) in [6.45, 7) is 2.52. The maximum atomic E-state index is 9.64. The fraction of sp³-hybridized carbons (Fsp3) is 0.538. The summed E-state index contributed by atoms with van der Waals surface area (Å²) in [4.78, 5) is 5.68. The number of aromatic nitrogens is 3. The molecule has 0 saturated heterocycles. The van der Waals surface area contributed by atoms with E-state index in [1.165, 1.54) is 4.88 Å². The molecule has 5 heteroatoms. The van der Waals surface area contributed by atoms with E-state index in [4.69, 9.17) is 0 Å². The third-order valence-corrected chi connectivity index (χ3v) is 3.89. The van der Waals surface area contributed by atoms with Crippen molar-refractivity contribution in [3.63, 3.8) is 0 Å². The SMILES string of the molecule is CCC(O)Cn1ncnc1CCCc1cccs1. The molecule has 2 rings (SSSR count). The number of aliphatic hydroxyl groups excluding tert-OH is 1. The molecule has 0 aromatic carbocycles. The van der Waals surface area contributed by atoms with E-state index in [0.717, 1.165) is 31.5 Å². The zero-order chi connectivity index (χ0) is 12.8. The molecular formula is C13H19N3OS. The zero-order valence-electron chi connectivity index (χ0n) is 10.6. The maximum Gasteiger partial charge on any atom is 0.138 e. The number of thiophene rings is 1. The van der Waals surface area contributed by atoms with Crippen LogP contribution in [0.15, 0.2) is 23.8 Å². The van der Waals surface area contributed by atoms with Crippen molar-refractivity contribution in [2.24, 2.45) is 0 Å². The Labute approximate surface area is 111 Å². The summed E-state index contributed by atoms with van der Waals surface area (Å²) < 4.78 is 1.82. The predicted molar refractivity (Wildman–Crippen MR) is 72.7 cm³/mol. The summed E-state index contributed by atoms with van der Waals surface area (Å²) in [6, 6.07) is 4.25. The van der Waals surface area contributed by atoms with E-state index < -0.39 is 0 Å². The average Bonchev–Trinajstić information content (AvgIpc) is 3.01. The first-order chi connectivity index (χ1) is 8.79. The zero-order valence-corrected chi connectivity index (χ0v) is 11.4. The number of hydrogen-bond donors (Lipinski definition) is 1. The Balaban J connectivity index is 1.83. The molecule has 0 bridgehead atoms. The van der Waals surface area contributed by atoms with E-state index in [-0.39, 0.29) is 6.10 Å². The highest BCUT2D eigenvalue weighted by Gasteiger charge is 2.08. The minimum atomic E-state index is -0.331. The van der Waals surface area contributed by atoms with Crippen molar-refractivity contribution in [3.8, 4) is 0 Å². The van der Waals surface area contributed by atoms with Crippen LogP contribution in [0.5, 0.6) is 0 Å². The molecule has 0 radical (unpaired) electrons. The van der Waals surface area contributed by atoms with Gasteiger partial charge in [-0.25, -0.2) is 9.67 Å². The van der Waals surface area contributed by atoms with Crippen molar-refractivity contribution < 1.29 is 5.11 Å². The van der Waals surface area contributed by atoms with E-state index in [0.29, 0.717) is 6.54 Å². The van der Waals surface area contributed by atoms with Gasteiger partial charge in [-0.2, -0.15) is 5.10 Å². The second kappa shape index (κ2) is 6.66. The number of aryl methyl sites for hydroxylation is 2. The van der Waals surface area contributed by atoms with Crippen molar-refractivity contribution in [2.75, 3.05) is 0 Å². The van der Waals surface area contributed by atoms with Gasteiger partial charge in [-0.3, -0.25) is 0 Å². The van der Waals surface area contributed by atoms with Crippen LogP contribution in [-0.4, -0.2) is 26.0 Å². The number of hydrogen-bond acceptors (Lipinski definition) is 4. The number of aliphatic hydroxyl groups is 1. The highest BCUT2D eigenvalue weighted by Crippen LogP contribution is 2.12. The van der Waals surface area contributed by atoms with Crippen molar-refractivity contribution in [2.45, 2.75) is 45.3 Å². The van der Waals surface area contributed by atoms with Crippen molar-refractivity contribution >= 4 is 11.3 Å². The first-order valence-corrected chi connectivity index (χ1v) is 7.24. The first kappa shape index (κ1) is 13.2. The molecule has 4 nitrogen and oxygen atoms in total. The Hall–Kier alpha value is -1.20. The fourth-order valence-electron chi connectivity index (χ4n) is 1.84. The Morgan fingerprint density at radius 3 is 3.06 bits per heavy atom. The molecule has 98 valence electrons. The van der Waals surface area contributed by atoms with Gasteiger partial charge in [0.1, 0.15) is 12.2 Å². The van der Waals surface area contributed by atoms with Gasteiger partial charge in [-0.05, 0) is 30.7 Å². The largest absolute Gasteiger partial charge is 0.391 e. The molecular weight excluding hydrogens is 246 g/mol. The van der Waals surface area contributed by atoms with Crippen LogP contribution in [0.3, 0.4) is 0 Å². The molecule has 0 fully saturated rings. The second-order valence-electron chi connectivity index (χ2n) is 4.35. The lowest BCUT2D eigenvalue weighted by atomic mass is 10.2. The van der Waals surface area contributed by atoms with Gasteiger partial charge in [-0.1, -0.05) is 13.0 Å². The summed E-state index contributed by atoms with van der Waals surface area (Å²) in [6.07, 6.45) is 5.05. The van der Waals surface area contributed by atoms with Crippen LogP contribution in [0, 0.1) is 0 Å². The van der Waals surface area contributed by atoms with Crippen LogP contribution < -0.4 is 0 Å². The minimum absolute atomic E-state index is 0.331. The van der Waals surface area contributed by atoms with E-state index in [9.17, 15) is 5.11 Å². The quantitative estimate of drug-likeness (QED) is 0.835. The molecule has 0 aliphatic heterocycles. The van der Waals surface area contributed by atoms with E-state index >= 15 is 0 Å². The molecule has 2 aromatic heterocycles. The third-order valence-electron chi connectivity index (χ3n) is 2.95. The van der Waals surface area contributed by atoms with Crippen LogP contribution in [-0.2, 0) is 19.4 Å². The molecule has 0 aliphatic rings. The van der Waals surface area contributed by atoms with Crippen molar-refractivity contribution in [1.82, 2.24) is 14.8 Å². The van der Waals surface area contributed by atoms with Gasteiger partial charge in [0, 0.05) is 11.3 Å². The minimum Gasteiger partial charge on any atom is -0.391 e. The lowest BCUT2D eigenvalue weighted by Crippen LogP contribution is -2.18. The molecule has 18 heavy (non-hydrogen) atoms. The summed E-state index contributed by atoms with van der Waals surface area (Å²) in [5, 5.41) is 15.9. The molecule has 0 saturated carbocycles. The Kier molecular flexibility index (Phi) is 4.90. The fourth-order valence-corrected chi connectivity index (χ4v) is 2.59. The Morgan fingerprint density at radius 2 is 2.33 bits per heavy atom. The summed E-state index contributed by atoms with van der Waals surface area (Å²) >= 11 is 1.80. The molecule has 1 unspecified atom stereocenters. The Bertz CT molecular complexity index is 453. The Morgan fingerprint density at radius 1 is 1.44 bits per heavy atom. The molecule has 2 aromatic rings. The molecule has 1 atom stereocenters. The number of nitrogens with zero attached hydrogens (tertiary/aromatic N) is 3. The highest BCUT2D eigenvalue weighted by molar-refractivity contribution is 7.09. The second-order valence-corrected chi connectivity index (χ2v) is 5.39. The lowest BCUT2D eigenvalue weighted by molar-refractivity contribution is 0.143. The predicted octanol–water partition coefficient (Wildman–Crippen LogP) is 2.29. The van der Waals surface area contributed by atoms with Crippen molar-refractivity contribution in [1.29, 1.82) is 0 Å². The average molecular weight is 265 g/mol. The maximum absolute atomic E-state index is 9.64. The van der Waals surface area contributed by atoms with Gasteiger partial charge < -0.3 is 5.11 Å². The lowest BCUT2D eigenvalue weighted by Gasteiger charge is -2.09. The standard InChI is InChI=1S/C13H19N3OS/c1-2-11(17)9-16-13(14-10-15-16)7-3-5-12-6-4-8-18-12/h4,6,8,10-11,17H,2-3,5,7,9H2,1H3. The van der Waals surface area contributed by atoms with Gasteiger partial charge in [0.15, 0.2) is 0 Å². The molecule has 2 heterocycles. The molecule has 0 aliphatic carbocycles. The van der Waals surface area contributed by atoms with E-state index in [2.05, 4.69) is 27.6 Å². The monoisotopic (exact) mass is 265 g/mol.